The zero-order valence-electron chi connectivity index (χ0n) is 14.5. The summed E-state index contributed by atoms with van der Waals surface area (Å²) < 4.78 is 4.88. The van der Waals surface area contributed by atoms with Crippen molar-refractivity contribution in [1.29, 1.82) is 0 Å². The number of hydrogen-bond donors (Lipinski definition) is 2. The Balaban J connectivity index is 1.92. The molecule has 2 N–H and O–H groups in total. The average molecular weight is 344 g/mol. The van der Waals surface area contributed by atoms with E-state index >= 15 is 0 Å². The van der Waals surface area contributed by atoms with Crippen molar-refractivity contribution >= 4 is 29.0 Å². The van der Waals surface area contributed by atoms with Gasteiger partial charge in [0.15, 0.2) is 5.82 Å². The van der Waals surface area contributed by atoms with Crippen LogP contribution in [0.15, 0.2) is 40.0 Å². The van der Waals surface area contributed by atoms with Crippen LogP contribution in [0.25, 0.3) is 0 Å². The molecule has 1 heterocycles. The lowest BCUT2D eigenvalue weighted by atomic mass is 10.1. The van der Waals surface area contributed by atoms with Gasteiger partial charge in [0.1, 0.15) is 5.76 Å². The smallest absolute Gasteiger partial charge is 0.269 e. The summed E-state index contributed by atoms with van der Waals surface area (Å²) in [7, 11) is 0. The second kappa shape index (κ2) is 8.09. The van der Waals surface area contributed by atoms with E-state index in [1.54, 1.807) is 51.1 Å². The molecular formula is C17H20N4O4. The van der Waals surface area contributed by atoms with Crippen LogP contribution in [0.3, 0.4) is 0 Å². The molecule has 1 atom stereocenters. The highest BCUT2D eigenvalue weighted by Crippen LogP contribution is 2.11. The van der Waals surface area contributed by atoms with Crippen molar-refractivity contribution in [1.82, 2.24) is 5.16 Å². The molecule has 0 spiro atoms. The Hall–Kier alpha value is -3.16. The van der Waals surface area contributed by atoms with E-state index in [9.17, 15) is 9.59 Å². The molecule has 0 fully saturated rings. The van der Waals surface area contributed by atoms with Crippen LogP contribution in [-0.4, -0.2) is 28.8 Å². The number of carbonyl (C=O) groups is 2. The van der Waals surface area contributed by atoms with E-state index in [4.69, 9.17) is 9.36 Å². The third-order valence-electron chi connectivity index (χ3n) is 3.22. The van der Waals surface area contributed by atoms with Gasteiger partial charge in [-0.25, -0.2) is 0 Å². The van der Waals surface area contributed by atoms with Gasteiger partial charge in [-0.3, -0.25) is 9.59 Å². The number of aromatic nitrogens is 1. The number of oxime groups is 1. The monoisotopic (exact) mass is 344 g/mol. The predicted octanol–water partition coefficient (Wildman–Crippen LogP) is 2.71. The van der Waals surface area contributed by atoms with Gasteiger partial charge in [-0.05, 0) is 38.5 Å². The summed E-state index contributed by atoms with van der Waals surface area (Å²) in [6.07, 6.45) is -0.800. The van der Waals surface area contributed by atoms with Gasteiger partial charge in [-0.2, -0.15) is 0 Å². The number of hydrogen-bond acceptors (Lipinski definition) is 6. The molecule has 8 nitrogen and oxygen atoms in total. The van der Waals surface area contributed by atoms with Crippen molar-refractivity contribution in [3.8, 4) is 0 Å². The number of carbonyl (C=O) groups excluding carboxylic acids is 2. The normalized spacial score (nSPS) is 12.4. The highest BCUT2D eigenvalue weighted by Gasteiger charge is 2.16. The first kappa shape index (κ1) is 18.2. The van der Waals surface area contributed by atoms with Gasteiger partial charge < -0.3 is 20.0 Å². The van der Waals surface area contributed by atoms with Crippen molar-refractivity contribution in [2.24, 2.45) is 5.16 Å². The van der Waals surface area contributed by atoms with E-state index in [2.05, 4.69) is 20.9 Å². The molecule has 2 rings (SSSR count). The number of benzene rings is 1. The van der Waals surface area contributed by atoms with Crippen LogP contribution in [0, 0.1) is 6.92 Å². The Bertz CT molecular complexity index is 780. The molecular weight excluding hydrogens is 324 g/mol. The molecule has 0 saturated heterocycles. The molecule has 0 bridgehead atoms. The molecule has 8 heteroatoms. The molecule has 1 unspecified atom stereocenters. The molecule has 25 heavy (non-hydrogen) atoms. The number of nitrogens with zero attached hydrogens (tertiary/aromatic N) is 2. The molecule has 0 aliphatic carbocycles. The third-order valence-corrected chi connectivity index (χ3v) is 3.22. The van der Waals surface area contributed by atoms with Crippen LogP contribution in [-0.2, 0) is 14.4 Å². The first-order chi connectivity index (χ1) is 11.8. The quantitative estimate of drug-likeness (QED) is 0.619. The Morgan fingerprint density at radius 3 is 2.44 bits per heavy atom. The van der Waals surface area contributed by atoms with E-state index in [1.165, 1.54) is 6.92 Å². The molecule has 132 valence electrons. The fourth-order valence-corrected chi connectivity index (χ4v) is 1.91. The molecule has 1 aromatic heterocycles. The van der Waals surface area contributed by atoms with Gasteiger partial charge in [0.05, 0.1) is 5.71 Å². The minimum atomic E-state index is -0.800. The number of amides is 2. The van der Waals surface area contributed by atoms with Crippen molar-refractivity contribution in [3.05, 3.63) is 41.7 Å². The maximum atomic E-state index is 12.0. The van der Waals surface area contributed by atoms with Crippen LogP contribution < -0.4 is 10.6 Å². The van der Waals surface area contributed by atoms with E-state index in [0.717, 1.165) is 5.56 Å². The van der Waals surface area contributed by atoms with E-state index in [-0.39, 0.29) is 11.8 Å². The van der Waals surface area contributed by atoms with Crippen LogP contribution in [0.5, 0.6) is 0 Å². The highest BCUT2D eigenvalue weighted by atomic mass is 16.6. The second-order valence-electron chi connectivity index (χ2n) is 5.49. The standard InChI is InChI=1S/C17H20N4O4/c1-10-9-16(21-24-10)19-17(23)12(3)25-20-11(2)14-5-7-15(8-6-14)18-13(4)22/h5-9,12H,1-4H3,(H,18,22)(H,19,21,23)/b20-11-. The lowest BCUT2D eigenvalue weighted by Gasteiger charge is -2.10. The molecule has 0 saturated carbocycles. The summed E-state index contributed by atoms with van der Waals surface area (Å²) in [5.41, 5.74) is 2.11. The van der Waals surface area contributed by atoms with Gasteiger partial charge in [0, 0.05) is 18.7 Å². The minimum Gasteiger partial charge on any atom is -0.382 e. The van der Waals surface area contributed by atoms with Gasteiger partial charge >= 0.3 is 0 Å². The topological polar surface area (TPSA) is 106 Å². The summed E-state index contributed by atoms with van der Waals surface area (Å²) in [6.45, 7) is 6.52. The van der Waals surface area contributed by atoms with Crippen LogP contribution in [0.4, 0.5) is 11.5 Å². The van der Waals surface area contributed by atoms with Gasteiger partial charge in [0.2, 0.25) is 12.0 Å². The molecule has 2 aromatic rings. The number of nitrogens with one attached hydrogen (secondary N) is 2. The lowest BCUT2D eigenvalue weighted by molar-refractivity contribution is -0.126. The fourth-order valence-electron chi connectivity index (χ4n) is 1.91. The fraction of sp³-hybridized carbons (Fsp3) is 0.294. The van der Waals surface area contributed by atoms with Gasteiger partial charge in [0.25, 0.3) is 5.91 Å². The Labute approximate surface area is 145 Å². The molecule has 0 radical (unpaired) electrons. The van der Waals surface area contributed by atoms with Crippen molar-refractivity contribution in [3.63, 3.8) is 0 Å². The van der Waals surface area contributed by atoms with Crippen LogP contribution in [0.1, 0.15) is 32.1 Å². The SMILES string of the molecule is CC(=O)Nc1ccc(/C(C)=N\OC(C)C(=O)Nc2cc(C)on2)cc1. The third kappa shape index (κ3) is 5.45. The largest absolute Gasteiger partial charge is 0.382 e. The van der Waals surface area contributed by atoms with E-state index < -0.39 is 6.10 Å². The number of anilines is 2. The summed E-state index contributed by atoms with van der Waals surface area (Å²) in [5.74, 6) is 0.405. The Kier molecular flexibility index (Phi) is 5.89. The zero-order chi connectivity index (χ0) is 18.4. The van der Waals surface area contributed by atoms with Crippen molar-refractivity contribution in [2.75, 3.05) is 10.6 Å². The number of aryl methyl sites for hydroxylation is 1. The molecule has 0 aliphatic rings. The zero-order valence-corrected chi connectivity index (χ0v) is 14.5. The van der Waals surface area contributed by atoms with Crippen molar-refractivity contribution < 1.29 is 18.9 Å². The molecule has 2 amide bonds. The van der Waals surface area contributed by atoms with Gasteiger partial charge in [-0.1, -0.05) is 22.4 Å². The highest BCUT2D eigenvalue weighted by molar-refractivity contribution is 5.99. The van der Waals surface area contributed by atoms with E-state index in [0.29, 0.717) is 23.0 Å². The van der Waals surface area contributed by atoms with Crippen molar-refractivity contribution in [2.45, 2.75) is 33.8 Å². The maximum Gasteiger partial charge on any atom is 0.269 e. The molecule has 1 aromatic carbocycles. The van der Waals surface area contributed by atoms with Crippen LogP contribution in [0.2, 0.25) is 0 Å². The lowest BCUT2D eigenvalue weighted by Crippen LogP contribution is -2.26. The van der Waals surface area contributed by atoms with Gasteiger partial charge in [-0.15, -0.1) is 0 Å². The first-order valence-corrected chi connectivity index (χ1v) is 7.68. The van der Waals surface area contributed by atoms with Crippen LogP contribution >= 0.6 is 0 Å². The van der Waals surface area contributed by atoms with E-state index in [1.807, 2.05) is 0 Å². The molecule has 0 aliphatic heterocycles. The predicted molar refractivity (Wildman–Crippen MR) is 93.4 cm³/mol. The average Bonchev–Trinajstić information content (AvgIpc) is 2.97. The minimum absolute atomic E-state index is 0.136. The summed E-state index contributed by atoms with van der Waals surface area (Å²) in [5, 5.41) is 12.9. The summed E-state index contributed by atoms with van der Waals surface area (Å²) in [4.78, 5) is 28.2. The first-order valence-electron chi connectivity index (χ1n) is 7.68. The maximum absolute atomic E-state index is 12.0. The summed E-state index contributed by atoms with van der Waals surface area (Å²) in [6, 6.07) is 8.74. The summed E-state index contributed by atoms with van der Waals surface area (Å²) >= 11 is 0. The second-order valence-corrected chi connectivity index (χ2v) is 5.49. The number of rotatable bonds is 6. The Morgan fingerprint density at radius 1 is 1.20 bits per heavy atom. The Morgan fingerprint density at radius 2 is 1.88 bits per heavy atom.